The van der Waals surface area contributed by atoms with Crippen molar-refractivity contribution in [3.05, 3.63) is 35.3 Å². The van der Waals surface area contributed by atoms with E-state index in [4.69, 9.17) is 4.74 Å². The van der Waals surface area contributed by atoms with Crippen molar-refractivity contribution in [3.8, 4) is 5.75 Å². The molecular weight excluding hydrogens is 310 g/mol. The van der Waals surface area contributed by atoms with Gasteiger partial charge in [0.15, 0.2) is 6.61 Å². The first-order valence-electron chi connectivity index (χ1n) is 8.04. The fourth-order valence-electron chi connectivity index (χ4n) is 2.22. The monoisotopic (exact) mass is 333 g/mol. The van der Waals surface area contributed by atoms with Gasteiger partial charge in [0.2, 0.25) is 5.13 Å². The van der Waals surface area contributed by atoms with E-state index >= 15 is 0 Å². The molecule has 0 bridgehead atoms. The van der Waals surface area contributed by atoms with Crippen molar-refractivity contribution in [2.24, 2.45) is 0 Å². The zero-order valence-corrected chi connectivity index (χ0v) is 14.4. The van der Waals surface area contributed by atoms with Crippen molar-refractivity contribution in [1.29, 1.82) is 0 Å². The van der Waals surface area contributed by atoms with E-state index in [9.17, 15) is 4.79 Å². The Labute approximate surface area is 141 Å². The molecule has 0 saturated heterocycles. The molecular formula is C17H23N3O2S. The summed E-state index contributed by atoms with van der Waals surface area (Å²) in [7, 11) is 0. The Bertz CT molecular complexity index is 601. The first kappa shape index (κ1) is 17.4. The maximum Gasteiger partial charge on any atom is 0.264 e. The first-order chi connectivity index (χ1) is 11.2. The van der Waals surface area contributed by atoms with Crippen LogP contribution in [-0.4, -0.2) is 22.7 Å². The fourth-order valence-corrected chi connectivity index (χ4v) is 3.20. The topological polar surface area (TPSA) is 64.1 Å². The van der Waals surface area contributed by atoms with Gasteiger partial charge in [0, 0.05) is 5.92 Å². The Morgan fingerprint density at radius 1 is 1.26 bits per heavy atom. The second-order valence-electron chi connectivity index (χ2n) is 5.34. The highest BCUT2D eigenvalue weighted by Gasteiger charge is 2.16. The van der Waals surface area contributed by atoms with Crippen LogP contribution in [0.2, 0.25) is 0 Å². The highest BCUT2D eigenvalue weighted by atomic mass is 32.1. The Kier molecular flexibility index (Phi) is 7.00. The van der Waals surface area contributed by atoms with E-state index in [0.717, 1.165) is 17.8 Å². The van der Waals surface area contributed by atoms with E-state index in [1.165, 1.54) is 24.2 Å². The Morgan fingerprint density at radius 3 is 2.74 bits per heavy atom. The number of hydrogen-bond acceptors (Lipinski definition) is 5. The summed E-state index contributed by atoms with van der Waals surface area (Å²) in [5.41, 5.74) is 0. The number of unbranched alkanes of at least 4 members (excludes halogenated alkanes) is 1. The van der Waals surface area contributed by atoms with Gasteiger partial charge >= 0.3 is 0 Å². The third-order valence-electron chi connectivity index (χ3n) is 3.55. The largest absolute Gasteiger partial charge is 0.484 e. The lowest BCUT2D eigenvalue weighted by Gasteiger charge is -2.09. The summed E-state index contributed by atoms with van der Waals surface area (Å²) >= 11 is 1.46. The van der Waals surface area contributed by atoms with Gasteiger partial charge in [0.25, 0.3) is 5.91 Å². The Hall–Kier alpha value is -1.95. The van der Waals surface area contributed by atoms with E-state index in [1.807, 2.05) is 30.3 Å². The quantitative estimate of drug-likeness (QED) is 0.745. The molecule has 1 N–H and O–H groups in total. The SMILES string of the molecule is CCCCC(CC)c1nnc(NC(=O)COc2ccccc2)s1. The summed E-state index contributed by atoms with van der Waals surface area (Å²) in [5, 5.41) is 12.6. The van der Waals surface area contributed by atoms with E-state index in [1.54, 1.807) is 0 Å². The number of amides is 1. The number of nitrogens with zero attached hydrogens (tertiary/aromatic N) is 2. The maximum atomic E-state index is 11.9. The van der Waals surface area contributed by atoms with Crippen LogP contribution in [0.1, 0.15) is 50.5 Å². The minimum Gasteiger partial charge on any atom is -0.484 e. The summed E-state index contributed by atoms with van der Waals surface area (Å²) in [4.78, 5) is 11.9. The molecule has 1 aromatic carbocycles. The van der Waals surface area contributed by atoms with Gasteiger partial charge < -0.3 is 4.74 Å². The van der Waals surface area contributed by atoms with Crippen molar-refractivity contribution >= 4 is 22.4 Å². The van der Waals surface area contributed by atoms with Crippen LogP contribution in [0.15, 0.2) is 30.3 Å². The van der Waals surface area contributed by atoms with Crippen LogP contribution in [0, 0.1) is 0 Å². The number of nitrogens with one attached hydrogen (secondary N) is 1. The molecule has 1 unspecified atom stereocenters. The molecule has 0 radical (unpaired) electrons. The van der Waals surface area contributed by atoms with Gasteiger partial charge in [-0.3, -0.25) is 10.1 Å². The molecule has 6 heteroatoms. The highest BCUT2D eigenvalue weighted by Crippen LogP contribution is 2.29. The molecule has 0 aliphatic heterocycles. The van der Waals surface area contributed by atoms with Crippen molar-refractivity contribution in [2.45, 2.75) is 45.4 Å². The number of aromatic nitrogens is 2. The molecule has 0 aliphatic rings. The predicted molar refractivity (Wildman–Crippen MR) is 93.0 cm³/mol. The van der Waals surface area contributed by atoms with E-state index < -0.39 is 0 Å². The average Bonchev–Trinajstić information content (AvgIpc) is 3.03. The molecule has 0 aliphatic carbocycles. The van der Waals surface area contributed by atoms with Gasteiger partial charge in [-0.05, 0) is 25.0 Å². The lowest BCUT2D eigenvalue weighted by atomic mass is 10.0. The number of hydrogen-bond donors (Lipinski definition) is 1. The molecule has 1 aromatic heterocycles. The van der Waals surface area contributed by atoms with Crippen molar-refractivity contribution in [1.82, 2.24) is 10.2 Å². The summed E-state index contributed by atoms with van der Waals surface area (Å²) in [6, 6.07) is 9.26. The molecule has 5 nitrogen and oxygen atoms in total. The van der Waals surface area contributed by atoms with E-state index in [2.05, 4.69) is 29.4 Å². The smallest absolute Gasteiger partial charge is 0.264 e. The predicted octanol–water partition coefficient (Wildman–Crippen LogP) is 4.24. The van der Waals surface area contributed by atoms with Crippen LogP contribution in [0.5, 0.6) is 5.75 Å². The number of carbonyl (C=O) groups is 1. The van der Waals surface area contributed by atoms with Crippen molar-refractivity contribution in [3.63, 3.8) is 0 Å². The van der Waals surface area contributed by atoms with Crippen LogP contribution in [0.3, 0.4) is 0 Å². The molecule has 2 aromatic rings. The molecule has 1 atom stereocenters. The van der Waals surface area contributed by atoms with Gasteiger partial charge in [0.1, 0.15) is 10.8 Å². The van der Waals surface area contributed by atoms with Crippen molar-refractivity contribution < 1.29 is 9.53 Å². The van der Waals surface area contributed by atoms with Crippen LogP contribution >= 0.6 is 11.3 Å². The fraction of sp³-hybridized carbons (Fsp3) is 0.471. The van der Waals surface area contributed by atoms with Crippen LogP contribution in [0.25, 0.3) is 0 Å². The molecule has 0 spiro atoms. The van der Waals surface area contributed by atoms with Gasteiger partial charge in [-0.2, -0.15) is 0 Å². The zero-order chi connectivity index (χ0) is 16.5. The number of para-hydroxylation sites is 1. The van der Waals surface area contributed by atoms with E-state index in [-0.39, 0.29) is 12.5 Å². The van der Waals surface area contributed by atoms with Crippen LogP contribution in [-0.2, 0) is 4.79 Å². The summed E-state index contributed by atoms with van der Waals surface area (Å²) < 4.78 is 5.41. The highest BCUT2D eigenvalue weighted by molar-refractivity contribution is 7.15. The summed E-state index contributed by atoms with van der Waals surface area (Å²) in [5.74, 6) is 0.878. The van der Waals surface area contributed by atoms with Crippen LogP contribution < -0.4 is 10.1 Å². The van der Waals surface area contributed by atoms with Crippen molar-refractivity contribution in [2.75, 3.05) is 11.9 Å². The molecule has 124 valence electrons. The van der Waals surface area contributed by atoms with Gasteiger partial charge in [-0.25, -0.2) is 0 Å². The second-order valence-corrected chi connectivity index (χ2v) is 6.35. The molecule has 1 amide bonds. The van der Waals surface area contributed by atoms with Gasteiger partial charge in [-0.15, -0.1) is 10.2 Å². The maximum absolute atomic E-state index is 11.9. The minimum atomic E-state index is -0.224. The second kappa shape index (κ2) is 9.25. The molecule has 1 heterocycles. The van der Waals surface area contributed by atoms with E-state index in [0.29, 0.717) is 16.8 Å². The average molecular weight is 333 g/mol. The van der Waals surface area contributed by atoms with Gasteiger partial charge in [-0.1, -0.05) is 56.2 Å². The number of benzene rings is 1. The molecule has 2 rings (SSSR count). The lowest BCUT2D eigenvalue weighted by Crippen LogP contribution is -2.20. The normalized spacial score (nSPS) is 11.9. The minimum absolute atomic E-state index is 0.0357. The number of rotatable bonds is 9. The molecule has 0 saturated carbocycles. The summed E-state index contributed by atoms with van der Waals surface area (Å²) in [6.07, 6.45) is 4.52. The third kappa shape index (κ3) is 5.63. The number of carbonyl (C=O) groups excluding carboxylic acids is 1. The van der Waals surface area contributed by atoms with Crippen LogP contribution in [0.4, 0.5) is 5.13 Å². The Balaban J connectivity index is 1.84. The number of anilines is 1. The third-order valence-corrected chi connectivity index (χ3v) is 4.55. The zero-order valence-electron chi connectivity index (χ0n) is 13.6. The standard InChI is InChI=1S/C17H23N3O2S/c1-3-5-9-13(4-2)16-19-20-17(23-16)18-15(21)12-22-14-10-7-6-8-11-14/h6-8,10-11,13H,3-5,9,12H2,1-2H3,(H,18,20,21). The first-order valence-corrected chi connectivity index (χ1v) is 8.85. The Morgan fingerprint density at radius 2 is 2.04 bits per heavy atom. The molecule has 0 fully saturated rings. The molecule has 23 heavy (non-hydrogen) atoms. The lowest BCUT2D eigenvalue weighted by molar-refractivity contribution is -0.118. The summed E-state index contributed by atoms with van der Waals surface area (Å²) in [6.45, 7) is 4.31. The van der Waals surface area contributed by atoms with Gasteiger partial charge in [0.05, 0.1) is 0 Å². The number of ether oxygens (including phenoxy) is 1.